The van der Waals surface area contributed by atoms with Crippen molar-refractivity contribution in [2.24, 2.45) is 0 Å². The zero-order chi connectivity index (χ0) is 8.55. The van der Waals surface area contributed by atoms with Crippen molar-refractivity contribution in [3.8, 4) is 0 Å². The summed E-state index contributed by atoms with van der Waals surface area (Å²) in [5.41, 5.74) is 1.13. The SMILES string of the molecule is O=Cc1cc2c(Cl)ccnc2[nH]1. The first-order valence-corrected chi connectivity index (χ1v) is 3.77. The van der Waals surface area contributed by atoms with E-state index in [-0.39, 0.29) is 0 Å². The maximum absolute atomic E-state index is 10.4. The summed E-state index contributed by atoms with van der Waals surface area (Å²) >= 11 is 5.85. The maximum Gasteiger partial charge on any atom is 0.166 e. The summed E-state index contributed by atoms with van der Waals surface area (Å²) < 4.78 is 0. The molecule has 0 aliphatic rings. The molecule has 60 valence electrons. The number of aldehydes is 1. The van der Waals surface area contributed by atoms with E-state index in [1.54, 1.807) is 18.3 Å². The lowest BCUT2D eigenvalue weighted by Crippen LogP contribution is -1.77. The van der Waals surface area contributed by atoms with Crippen LogP contribution in [0.1, 0.15) is 10.5 Å². The Morgan fingerprint density at radius 1 is 1.58 bits per heavy atom. The number of aromatic amines is 1. The highest BCUT2D eigenvalue weighted by Gasteiger charge is 2.03. The molecule has 2 rings (SSSR count). The first-order valence-electron chi connectivity index (χ1n) is 3.39. The Balaban J connectivity index is 2.82. The number of carbonyl (C=O) groups excluding carboxylic acids is 1. The molecule has 0 spiro atoms. The van der Waals surface area contributed by atoms with Crippen molar-refractivity contribution < 1.29 is 4.79 Å². The minimum Gasteiger partial charge on any atom is -0.337 e. The van der Waals surface area contributed by atoms with Crippen LogP contribution in [0.15, 0.2) is 18.3 Å². The zero-order valence-corrected chi connectivity index (χ0v) is 6.80. The second-order valence-electron chi connectivity index (χ2n) is 2.40. The molecule has 1 N–H and O–H groups in total. The van der Waals surface area contributed by atoms with Gasteiger partial charge in [-0.15, -0.1) is 0 Å². The summed E-state index contributed by atoms with van der Waals surface area (Å²) in [5.74, 6) is 0. The zero-order valence-electron chi connectivity index (χ0n) is 6.04. The number of pyridine rings is 1. The van der Waals surface area contributed by atoms with E-state index in [2.05, 4.69) is 9.97 Å². The largest absolute Gasteiger partial charge is 0.337 e. The van der Waals surface area contributed by atoms with Gasteiger partial charge in [-0.25, -0.2) is 4.98 Å². The Labute approximate surface area is 73.4 Å². The minimum atomic E-state index is 0.491. The number of nitrogens with zero attached hydrogens (tertiary/aromatic N) is 1. The summed E-state index contributed by atoms with van der Waals surface area (Å²) in [6.45, 7) is 0. The number of aromatic nitrogens is 2. The van der Waals surface area contributed by atoms with Crippen LogP contribution in [0.3, 0.4) is 0 Å². The number of hydrogen-bond acceptors (Lipinski definition) is 2. The molecule has 0 radical (unpaired) electrons. The van der Waals surface area contributed by atoms with Crippen LogP contribution < -0.4 is 0 Å². The van der Waals surface area contributed by atoms with Crippen LogP contribution in [0.25, 0.3) is 11.0 Å². The number of fused-ring (bicyclic) bond motifs is 1. The molecule has 0 atom stereocenters. The number of H-pyrrole nitrogens is 1. The third-order valence-electron chi connectivity index (χ3n) is 1.63. The second-order valence-corrected chi connectivity index (χ2v) is 2.80. The quantitative estimate of drug-likeness (QED) is 0.683. The van der Waals surface area contributed by atoms with E-state index in [0.717, 1.165) is 11.7 Å². The van der Waals surface area contributed by atoms with E-state index in [1.165, 1.54) is 0 Å². The van der Waals surface area contributed by atoms with Crippen molar-refractivity contribution >= 4 is 28.9 Å². The van der Waals surface area contributed by atoms with Crippen LogP contribution in [0.2, 0.25) is 5.02 Å². The van der Waals surface area contributed by atoms with Crippen molar-refractivity contribution in [1.29, 1.82) is 0 Å². The van der Waals surface area contributed by atoms with Crippen LogP contribution in [0.5, 0.6) is 0 Å². The molecule has 2 aromatic rings. The first kappa shape index (κ1) is 7.31. The molecule has 0 amide bonds. The van der Waals surface area contributed by atoms with Gasteiger partial charge in [0, 0.05) is 11.6 Å². The highest BCUT2D eigenvalue weighted by molar-refractivity contribution is 6.35. The average molecular weight is 181 g/mol. The van der Waals surface area contributed by atoms with Crippen LogP contribution in [0, 0.1) is 0 Å². The third-order valence-corrected chi connectivity index (χ3v) is 1.96. The third kappa shape index (κ3) is 0.987. The van der Waals surface area contributed by atoms with Crippen molar-refractivity contribution in [2.75, 3.05) is 0 Å². The molecule has 12 heavy (non-hydrogen) atoms. The molecule has 0 aliphatic carbocycles. The van der Waals surface area contributed by atoms with Gasteiger partial charge < -0.3 is 4.98 Å². The Bertz CT molecular complexity index is 436. The summed E-state index contributed by atoms with van der Waals surface area (Å²) in [5, 5.41) is 1.38. The summed E-state index contributed by atoms with van der Waals surface area (Å²) in [7, 11) is 0. The molecule has 0 aliphatic heterocycles. The van der Waals surface area contributed by atoms with Crippen molar-refractivity contribution in [1.82, 2.24) is 9.97 Å². The molecule has 0 fully saturated rings. The van der Waals surface area contributed by atoms with Crippen LogP contribution in [-0.4, -0.2) is 16.3 Å². The fraction of sp³-hybridized carbons (Fsp3) is 0. The normalized spacial score (nSPS) is 10.4. The summed E-state index contributed by atoms with van der Waals surface area (Å²) in [6, 6.07) is 3.37. The number of rotatable bonds is 1. The van der Waals surface area contributed by atoms with Gasteiger partial charge in [-0.2, -0.15) is 0 Å². The molecule has 0 bridgehead atoms. The van der Waals surface area contributed by atoms with Gasteiger partial charge in [0.15, 0.2) is 6.29 Å². The lowest BCUT2D eigenvalue weighted by molar-refractivity contribution is 0.112. The second kappa shape index (κ2) is 2.60. The molecule has 0 unspecified atom stereocenters. The lowest BCUT2D eigenvalue weighted by Gasteiger charge is -1.88. The summed E-state index contributed by atoms with van der Waals surface area (Å²) in [4.78, 5) is 17.2. The van der Waals surface area contributed by atoms with Gasteiger partial charge in [-0.3, -0.25) is 4.79 Å². The molecular formula is C8H5ClN2O. The van der Waals surface area contributed by atoms with E-state index in [9.17, 15) is 4.79 Å². The smallest absolute Gasteiger partial charge is 0.166 e. The Hall–Kier alpha value is -1.35. The van der Waals surface area contributed by atoms with Gasteiger partial charge in [0.25, 0.3) is 0 Å². The maximum atomic E-state index is 10.4. The number of carbonyl (C=O) groups is 1. The molecule has 0 saturated carbocycles. The first-order chi connectivity index (χ1) is 5.81. The Kier molecular flexibility index (Phi) is 1.59. The molecule has 0 aromatic carbocycles. The van der Waals surface area contributed by atoms with Crippen LogP contribution in [0.4, 0.5) is 0 Å². The molecule has 2 aromatic heterocycles. The minimum absolute atomic E-state index is 0.491. The van der Waals surface area contributed by atoms with Crippen LogP contribution in [-0.2, 0) is 0 Å². The molecule has 2 heterocycles. The van der Waals surface area contributed by atoms with Gasteiger partial charge in [0.05, 0.1) is 10.7 Å². The predicted octanol–water partition coefficient (Wildman–Crippen LogP) is 2.03. The number of halogens is 1. The van der Waals surface area contributed by atoms with Crippen molar-refractivity contribution in [2.45, 2.75) is 0 Å². The van der Waals surface area contributed by atoms with E-state index in [0.29, 0.717) is 16.4 Å². The van der Waals surface area contributed by atoms with Gasteiger partial charge in [0.1, 0.15) is 5.65 Å². The van der Waals surface area contributed by atoms with Crippen molar-refractivity contribution in [3.63, 3.8) is 0 Å². The predicted molar refractivity (Wildman–Crippen MR) is 46.5 cm³/mol. The van der Waals surface area contributed by atoms with E-state index >= 15 is 0 Å². The van der Waals surface area contributed by atoms with Crippen molar-refractivity contribution in [3.05, 3.63) is 29.0 Å². The van der Waals surface area contributed by atoms with Crippen LogP contribution >= 0.6 is 11.6 Å². The monoisotopic (exact) mass is 180 g/mol. The average Bonchev–Trinajstić information content (AvgIpc) is 2.49. The lowest BCUT2D eigenvalue weighted by atomic mass is 10.3. The molecular weight excluding hydrogens is 176 g/mol. The fourth-order valence-corrected chi connectivity index (χ4v) is 1.28. The highest BCUT2D eigenvalue weighted by Crippen LogP contribution is 2.21. The van der Waals surface area contributed by atoms with E-state index < -0.39 is 0 Å². The highest BCUT2D eigenvalue weighted by atomic mass is 35.5. The van der Waals surface area contributed by atoms with Gasteiger partial charge in [-0.1, -0.05) is 11.6 Å². The number of nitrogens with one attached hydrogen (secondary N) is 1. The fourth-order valence-electron chi connectivity index (χ4n) is 1.08. The Morgan fingerprint density at radius 2 is 2.42 bits per heavy atom. The topological polar surface area (TPSA) is 45.8 Å². The van der Waals surface area contributed by atoms with E-state index in [4.69, 9.17) is 11.6 Å². The van der Waals surface area contributed by atoms with Gasteiger partial charge >= 0.3 is 0 Å². The van der Waals surface area contributed by atoms with E-state index in [1.807, 2.05) is 0 Å². The van der Waals surface area contributed by atoms with Gasteiger partial charge in [0.2, 0.25) is 0 Å². The summed E-state index contributed by atoms with van der Waals surface area (Å²) in [6.07, 6.45) is 2.33. The van der Waals surface area contributed by atoms with Gasteiger partial charge in [-0.05, 0) is 12.1 Å². The molecule has 3 nitrogen and oxygen atoms in total. The molecule has 0 saturated heterocycles. The number of hydrogen-bond donors (Lipinski definition) is 1. The Morgan fingerprint density at radius 3 is 3.08 bits per heavy atom. The standard InChI is InChI=1S/C8H5ClN2O/c9-7-1-2-10-8-6(7)3-5(4-12)11-8/h1-4H,(H,10,11). The molecule has 4 heteroatoms.